The van der Waals surface area contributed by atoms with Crippen LogP contribution in [0.2, 0.25) is 0 Å². The molecule has 2 unspecified atom stereocenters. The van der Waals surface area contributed by atoms with E-state index >= 15 is 0 Å². The van der Waals surface area contributed by atoms with E-state index in [0.29, 0.717) is 5.92 Å². The third kappa shape index (κ3) is 3.17. The molecule has 0 amide bonds. The highest BCUT2D eigenvalue weighted by Gasteiger charge is 2.23. The van der Waals surface area contributed by atoms with Gasteiger partial charge in [0.05, 0.1) is 0 Å². The van der Waals surface area contributed by atoms with Gasteiger partial charge in [-0.2, -0.15) is 0 Å². The zero-order valence-corrected chi connectivity index (χ0v) is 12.7. The van der Waals surface area contributed by atoms with Crippen LogP contribution in [0.5, 0.6) is 0 Å². The first kappa shape index (κ1) is 14.3. The second-order valence-electron chi connectivity index (χ2n) is 6.15. The van der Waals surface area contributed by atoms with E-state index in [1.807, 2.05) is 0 Å². The molecule has 21 heavy (non-hydrogen) atoms. The molecule has 2 atom stereocenters. The number of hydrogen-bond acceptors (Lipinski definition) is 2. The minimum Gasteiger partial charge on any atom is -0.271 e. The van der Waals surface area contributed by atoms with Crippen molar-refractivity contribution in [3.63, 3.8) is 0 Å². The first-order valence-corrected chi connectivity index (χ1v) is 7.88. The molecule has 0 saturated heterocycles. The first-order chi connectivity index (χ1) is 10.3. The summed E-state index contributed by atoms with van der Waals surface area (Å²) < 4.78 is 0. The van der Waals surface area contributed by atoms with E-state index in [4.69, 9.17) is 5.84 Å². The van der Waals surface area contributed by atoms with Crippen molar-refractivity contribution >= 4 is 0 Å². The van der Waals surface area contributed by atoms with Gasteiger partial charge in [0.1, 0.15) is 0 Å². The lowest BCUT2D eigenvalue weighted by Crippen LogP contribution is -2.30. The van der Waals surface area contributed by atoms with Gasteiger partial charge >= 0.3 is 0 Å². The molecular formula is C19H24N2. The van der Waals surface area contributed by atoms with Crippen LogP contribution in [0.4, 0.5) is 0 Å². The molecule has 0 bridgehead atoms. The van der Waals surface area contributed by atoms with Gasteiger partial charge in [0, 0.05) is 6.04 Å². The molecule has 2 nitrogen and oxygen atoms in total. The first-order valence-electron chi connectivity index (χ1n) is 7.88. The van der Waals surface area contributed by atoms with Gasteiger partial charge in [-0.15, -0.1) is 0 Å². The molecule has 1 aliphatic rings. The number of fused-ring (bicyclic) bond motifs is 1. The zero-order valence-electron chi connectivity index (χ0n) is 12.7. The molecule has 0 aliphatic heterocycles. The topological polar surface area (TPSA) is 38.0 Å². The lowest BCUT2D eigenvalue weighted by Gasteiger charge is -2.29. The Hall–Kier alpha value is -1.64. The summed E-state index contributed by atoms with van der Waals surface area (Å²) in [7, 11) is 0. The van der Waals surface area contributed by atoms with Crippen LogP contribution in [0, 0.1) is 6.92 Å². The second kappa shape index (κ2) is 6.42. The molecule has 0 fully saturated rings. The van der Waals surface area contributed by atoms with Crippen molar-refractivity contribution in [2.75, 3.05) is 0 Å². The summed E-state index contributed by atoms with van der Waals surface area (Å²) in [5.41, 5.74) is 8.63. The summed E-state index contributed by atoms with van der Waals surface area (Å²) in [6, 6.07) is 17.8. The fourth-order valence-electron chi connectivity index (χ4n) is 3.48. The molecule has 0 radical (unpaired) electrons. The maximum atomic E-state index is 5.83. The second-order valence-corrected chi connectivity index (χ2v) is 6.15. The Bertz CT molecular complexity index is 589. The van der Waals surface area contributed by atoms with E-state index in [9.17, 15) is 0 Å². The number of rotatable bonds is 4. The van der Waals surface area contributed by atoms with Crippen molar-refractivity contribution < 1.29 is 0 Å². The highest BCUT2D eigenvalue weighted by molar-refractivity contribution is 5.33. The number of aryl methyl sites for hydroxylation is 2. The molecule has 0 saturated carbocycles. The number of benzene rings is 2. The van der Waals surface area contributed by atoms with Crippen LogP contribution >= 0.6 is 0 Å². The van der Waals surface area contributed by atoms with Crippen molar-refractivity contribution in [2.24, 2.45) is 5.84 Å². The predicted molar refractivity (Wildman–Crippen MR) is 88.0 cm³/mol. The standard InChI is InChI=1S/C19H24N2/c1-14-9-11-16(12-10-14)19(21-20)13-17-7-4-6-15-5-2-3-8-18(15)17/h2-3,5,8-12,17,19,21H,4,6-7,13,20H2,1H3. The summed E-state index contributed by atoms with van der Waals surface area (Å²) in [5, 5.41) is 0. The van der Waals surface area contributed by atoms with Gasteiger partial charge in [-0.3, -0.25) is 11.3 Å². The van der Waals surface area contributed by atoms with Crippen LogP contribution in [0.1, 0.15) is 53.5 Å². The van der Waals surface area contributed by atoms with Gasteiger partial charge in [0.15, 0.2) is 0 Å². The van der Waals surface area contributed by atoms with Crippen LogP contribution in [-0.2, 0) is 6.42 Å². The third-order valence-corrected chi connectivity index (χ3v) is 4.69. The van der Waals surface area contributed by atoms with Gasteiger partial charge in [-0.05, 0) is 55.2 Å². The predicted octanol–water partition coefficient (Wildman–Crippen LogP) is 4.01. The maximum absolute atomic E-state index is 5.83. The third-order valence-electron chi connectivity index (χ3n) is 4.69. The van der Waals surface area contributed by atoms with Crippen LogP contribution in [0.3, 0.4) is 0 Å². The maximum Gasteiger partial charge on any atom is 0.0465 e. The smallest absolute Gasteiger partial charge is 0.0465 e. The van der Waals surface area contributed by atoms with Gasteiger partial charge in [0.25, 0.3) is 0 Å². The van der Waals surface area contributed by atoms with E-state index in [1.165, 1.54) is 41.5 Å². The average molecular weight is 280 g/mol. The number of nitrogens with two attached hydrogens (primary N) is 1. The van der Waals surface area contributed by atoms with Gasteiger partial charge < -0.3 is 0 Å². The highest BCUT2D eigenvalue weighted by atomic mass is 15.2. The monoisotopic (exact) mass is 280 g/mol. The lowest BCUT2D eigenvalue weighted by atomic mass is 9.79. The number of hydrazine groups is 1. The number of hydrogen-bond donors (Lipinski definition) is 2. The fraction of sp³-hybridized carbons (Fsp3) is 0.368. The molecule has 1 aliphatic carbocycles. The van der Waals surface area contributed by atoms with Crippen LogP contribution in [-0.4, -0.2) is 0 Å². The minimum atomic E-state index is 0.224. The lowest BCUT2D eigenvalue weighted by molar-refractivity contribution is 0.425. The van der Waals surface area contributed by atoms with E-state index in [0.717, 1.165) is 6.42 Å². The quantitative estimate of drug-likeness (QED) is 0.656. The molecule has 2 heteroatoms. The molecular weight excluding hydrogens is 256 g/mol. The summed E-state index contributed by atoms with van der Waals surface area (Å²) in [4.78, 5) is 0. The molecule has 0 heterocycles. The summed E-state index contributed by atoms with van der Waals surface area (Å²) in [6.45, 7) is 2.12. The van der Waals surface area contributed by atoms with E-state index < -0.39 is 0 Å². The van der Waals surface area contributed by atoms with Gasteiger partial charge in [-0.25, -0.2) is 0 Å². The molecule has 3 N–H and O–H groups in total. The molecule has 0 spiro atoms. The van der Waals surface area contributed by atoms with Crippen molar-refractivity contribution in [3.05, 3.63) is 70.8 Å². The van der Waals surface area contributed by atoms with Crippen molar-refractivity contribution in [3.8, 4) is 0 Å². The van der Waals surface area contributed by atoms with Crippen LogP contribution in [0.15, 0.2) is 48.5 Å². The van der Waals surface area contributed by atoms with Gasteiger partial charge in [0.2, 0.25) is 0 Å². The SMILES string of the molecule is Cc1ccc(C(CC2CCCc3ccccc32)NN)cc1. The summed E-state index contributed by atoms with van der Waals surface area (Å²) in [5.74, 6) is 6.44. The molecule has 0 aromatic heterocycles. The Balaban J connectivity index is 1.80. The largest absolute Gasteiger partial charge is 0.271 e. The Labute approximate surface area is 127 Å². The van der Waals surface area contributed by atoms with Crippen LogP contribution < -0.4 is 11.3 Å². The Morgan fingerprint density at radius 1 is 1.14 bits per heavy atom. The summed E-state index contributed by atoms with van der Waals surface area (Å²) in [6.07, 6.45) is 4.84. The Morgan fingerprint density at radius 3 is 2.67 bits per heavy atom. The van der Waals surface area contributed by atoms with Crippen molar-refractivity contribution in [1.29, 1.82) is 0 Å². The molecule has 2 aromatic carbocycles. The molecule has 3 rings (SSSR count). The van der Waals surface area contributed by atoms with E-state index in [2.05, 4.69) is 60.9 Å². The van der Waals surface area contributed by atoms with E-state index in [1.54, 1.807) is 0 Å². The summed E-state index contributed by atoms with van der Waals surface area (Å²) >= 11 is 0. The fourth-order valence-corrected chi connectivity index (χ4v) is 3.48. The number of nitrogens with one attached hydrogen (secondary N) is 1. The van der Waals surface area contributed by atoms with Crippen molar-refractivity contribution in [2.45, 2.75) is 44.6 Å². The molecule has 2 aromatic rings. The minimum absolute atomic E-state index is 0.224. The molecule has 110 valence electrons. The zero-order chi connectivity index (χ0) is 14.7. The van der Waals surface area contributed by atoms with E-state index in [-0.39, 0.29) is 6.04 Å². The van der Waals surface area contributed by atoms with Crippen molar-refractivity contribution in [1.82, 2.24) is 5.43 Å². The average Bonchev–Trinajstić information content (AvgIpc) is 2.54. The Kier molecular flexibility index (Phi) is 4.37. The Morgan fingerprint density at radius 2 is 1.90 bits per heavy atom. The highest BCUT2D eigenvalue weighted by Crippen LogP contribution is 2.37. The normalized spacial score (nSPS) is 19.0. The van der Waals surface area contributed by atoms with Crippen LogP contribution in [0.25, 0.3) is 0 Å². The van der Waals surface area contributed by atoms with Gasteiger partial charge in [-0.1, -0.05) is 54.1 Å².